The smallest absolute Gasteiger partial charge is 0.293 e. The average Bonchev–Trinajstić information content (AvgIpc) is 3.47. The summed E-state index contributed by atoms with van der Waals surface area (Å²) in [5.74, 6) is 1.17. The normalized spacial score (nSPS) is 10.8. The van der Waals surface area contributed by atoms with Crippen molar-refractivity contribution in [3.05, 3.63) is 76.3 Å². The van der Waals surface area contributed by atoms with Crippen molar-refractivity contribution in [1.82, 2.24) is 24.7 Å². The Morgan fingerprint density at radius 2 is 2.24 bits per heavy atom. The van der Waals surface area contributed by atoms with Gasteiger partial charge in [0.05, 0.1) is 17.7 Å². The van der Waals surface area contributed by atoms with Gasteiger partial charge in [0.2, 0.25) is 11.6 Å². The van der Waals surface area contributed by atoms with E-state index in [1.807, 2.05) is 0 Å². The minimum atomic E-state index is -0.549. The number of H-pyrrole nitrogens is 1. The van der Waals surface area contributed by atoms with Crippen LogP contribution in [-0.2, 0) is 13.6 Å². The maximum absolute atomic E-state index is 12.6. The minimum Gasteiger partial charge on any atom is -0.461 e. The van der Waals surface area contributed by atoms with E-state index in [-0.39, 0.29) is 29.3 Å². The van der Waals surface area contributed by atoms with Crippen molar-refractivity contribution in [1.29, 1.82) is 0 Å². The quantitative estimate of drug-likeness (QED) is 0.277. The third-order valence-electron chi connectivity index (χ3n) is 4.20. The second-order valence-electron chi connectivity index (χ2n) is 6.12. The largest absolute Gasteiger partial charge is 0.461 e. The lowest BCUT2D eigenvalue weighted by atomic mass is 10.1. The van der Waals surface area contributed by atoms with E-state index in [0.717, 1.165) is 0 Å². The van der Waals surface area contributed by atoms with Crippen molar-refractivity contribution >= 4 is 17.2 Å². The number of nitrogens with zero attached hydrogens (tertiary/aromatic N) is 5. The number of hydrogen-bond acceptors (Lipinski definition) is 8. The number of ketones is 1. The molecule has 1 aromatic carbocycles. The molecule has 11 nitrogen and oxygen atoms in total. The van der Waals surface area contributed by atoms with Crippen molar-refractivity contribution in [2.24, 2.45) is 7.05 Å². The van der Waals surface area contributed by atoms with Gasteiger partial charge >= 0.3 is 0 Å². The predicted molar refractivity (Wildman–Crippen MR) is 101 cm³/mol. The number of nitrogens with one attached hydrogen (secondary N) is 2. The number of carbonyl (C=O) groups is 1. The van der Waals surface area contributed by atoms with Gasteiger partial charge in [-0.05, 0) is 24.3 Å². The fourth-order valence-electron chi connectivity index (χ4n) is 2.76. The molecule has 4 rings (SSSR count). The van der Waals surface area contributed by atoms with Crippen molar-refractivity contribution in [2.75, 3.05) is 5.32 Å². The van der Waals surface area contributed by atoms with Gasteiger partial charge in [-0.15, -0.1) is 5.10 Å². The van der Waals surface area contributed by atoms with E-state index in [1.165, 1.54) is 30.7 Å². The average molecular weight is 393 g/mol. The van der Waals surface area contributed by atoms with Crippen molar-refractivity contribution in [2.45, 2.75) is 6.54 Å². The highest BCUT2D eigenvalue weighted by atomic mass is 16.6. The summed E-state index contributed by atoms with van der Waals surface area (Å²) in [6.07, 6.45) is 4.64. The van der Waals surface area contributed by atoms with Gasteiger partial charge in [-0.25, -0.2) is 9.97 Å². The van der Waals surface area contributed by atoms with Crippen LogP contribution >= 0.6 is 0 Å². The van der Waals surface area contributed by atoms with Crippen LogP contribution in [0, 0.1) is 10.1 Å². The van der Waals surface area contributed by atoms with E-state index in [1.54, 1.807) is 29.9 Å². The lowest BCUT2D eigenvalue weighted by Gasteiger charge is -2.07. The first-order chi connectivity index (χ1) is 14.0. The molecule has 0 aliphatic carbocycles. The van der Waals surface area contributed by atoms with Crippen molar-refractivity contribution in [3.8, 4) is 11.6 Å². The number of anilines is 1. The molecule has 0 saturated heterocycles. The van der Waals surface area contributed by atoms with E-state index in [0.29, 0.717) is 17.4 Å². The number of aryl methyl sites for hydroxylation is 1. The van der Waals surface area contributed by atoms with Crippen LogP contribution in [0.25, 0.3) is 11.6 Å². The summed E-state index contributed by atoms with van der Waals surface area (Å²) in [5.41, 5.74) is 0.203. The number of aromatic amines is 1. The van der Waals surface area contributed by atoms with Gasteiger partial charge < -0.3 is 14.3 Å². The van der Waals surface area contributed by atoms with Crippen LogP contribution in [-0.4, -0.2) is 35.4 Å². The number of benzene rings is 1. The van der Waals surface area contributed by atoms with Gasteiger partial charge in [0.1, 0.15) is 11.5 Å². The summed E-state index contributed by atoms with van der Waals surface area (Å²) < 4.78 is 6.78. The van der Waals surface area contributed by atoms with E-state index < -0.39 is 10.7 Å². The molecule has 0 amide bonds. The fourth-order valence-corrected chi connectivity index (χ4v) is 2.76. The molecule has 146 valence electrons. The number of nitro benzene ring substituents is 1. The third-order valence-corrected chi connectivity index (χ3v) is 4.20. The van der Waals surface area contributed by atoms with E-state index >= 15 is 0 Å². The van der Waals surface area contributed by atoms with E-state index in [4.69, 9.17) is 4.42 Å². The van der Waals surface area contributed by atoms with Crippen molar-refractivity contribution in [3.63, 3.8) is 0 Å². The zero-order chi connectivity index (χ0) is 20.4. The van der Waals surface area contributed by atoms with E-state index in [2.05, 4.69) is 25.5 Å². The molecular formula is C18H15N7O4. The number of rotatable bonds is 7. The minimum absolute atomic E-state index is 0.168. The number of imidazole rings is 1. The molecule has 2 N–H and O–H groups in total. The zero-order valence-corrected chi connectivity index (χ0v) is 15.2. The van der Waals surface area contributed by atoms with E-state index in [9.17, 15) is 14.9 Å². The van der Waals surface area contributed by atoms with Gasteiger partial charge in [0, 0.05) is 31.1 Å². The molecule has 3 aromatic heterocycles. The highest BCUT2D eigenvalue weighted by Crippen LogP contribution is 2.27. The van der Waals surface area contributed by atoms with Crippen LogP contribution < -0.4 is 5.32 Å². The number of furan rings is 1. The van der Waals surface area contributed by atoms with Crippen LogP contribution in [0.5, 0.6) is 0 Å². The number of nitro groups is 1. The summed E-state index contributed by atoms with van der Waals surface area (Å²) in [6.45, 7) is 0.168. The Hall–Kier alpha value is -4.28. The Morgan fingerprint density at radius 1 is 1.38 bits per heavy atom. The summed E-state index contributed by atoms with van der Waals surface area (Å²) >= 11 is 0. The first-order valence-electron chi connectivity index (χ1n) is 8.52. The second-order valence-corrected chi connectivity index (χ2v) is 6.12. The molecule has 4 aromatic rings. The topological polar surface area (TPSA) is 145 Å². The van der Waals surface area contributed by atoms with Gasteiger partial charge in [-0.3, -0.25) is 20.0 Å². The summed E-state index contributed by atoms with van der Waals surface area (Å²) in [5, 5.41) is 21.2. The third kappa shape index (κ3) is 3.60. The Balaban J connectivity index is 1.54. The molecule has 0 bridgehead atoms. The van der Waals surface area contributed by atoms with Crippen LogP contribution in [0.3, 0.4) is 0 Å². The van der Waals surface area contributed by atoms with Gasteiger partial charge in [0.25, 0.3) is 5.69 Å². The highest BCUT2D eigenvalue weighted by molar-refractivity contribution is 6.07. The Kier molecular flexibility index (Phi) is 4.61. The Bertz CT molecular complexity index is 1180. The molecule has 29 heavy (non-hydrogen) atoms. The molecule has 0 saturated carbocycles. The van der Waals surface area contributed by atoms with Gasteiger partial charge in [-0.1, -0.05) is 0 Å². The second kappa shape index (κ2) is 7.38. The van der Waals surface area contributed by atoms with Crippen LogP contribution in [0.1, 0.15) is 22.0 Å². The van der Waals surface area contributed by atoms with Crippen molar-refractivity contribution < 1.29 is 14.1 Å². The Labute approximate surface area is 163 Å². The molecule has 0 atom stereocenters. The molecule has 0 fully saturated rings. The summed E-state index contributed by atoms with van der Waals surface area (Å²) in [4.78, 5) is 31.8. The monoisotopic (exact) mass is 393 g/mol. The van der Waals surface area contributed by atoms with Gasteiger partial charge in [0.15, 0.2) is 11.6 Å². The molecule has 0 unspecified atom stereocenters. The first kappa shape index (κ1) is 18.1. The van der Waals surface area contributed by atoms with Crippen LogP contribution in [0.2, 0.25) is 0 Å². The number of carbonyl (C=O) groups excluding carboxylic acids is 1. The standard InChI is InChI=1S/C18H15N7O4/c1-24-7-6-19-18(24)16(26)11-4-5-12(13(9-11)25(27)28)20-10-15-21-17(23-22-15)14-3-2-8-29-14/h2-9,20H,10H2,1H3,(H,21,22,23). The fraction of sp³-hybridized carbons (Fsp3) is 0.111. The number of aromatic nitrogens is 5. The molecular weight excluding hydrogens is 378 g/mol. The molecule has 0 aliphatic rings. The molecule has 11 heteroatoms. The number of hydrogen-bond donors (Lipinski definition) is 2. The van der Waals surface area contributed by atoms with Crippen LogP contribution in [0.4, 0.5) is 11.4 Å². The zero-order valence-electron chi connectivity index (χ0n) is 15.2. The SMILES string of the molecule is Cn1ccnc1C(=O)c1ccc(NCc2nc(-c3ccco3)n[nH]2)c([N+](=O)[O-])c1. The molecule has 0 aliphatic heterocycles. The molecule has 0 radical (unpaired) electrons. The molecule has 0 spiro atoms. The first-order valence-corrected chi connectivity index (χ1v) is 8.52. The predicted octanol–water partition coefficient (Wildman–Crippen LogP) is 2.55. The molecule has 3 heterocycles. The summed E-state index contributed by atoms with van der Waals surface area (Å²) in [7, 11) is 1.68. The lowest BCUT2D eigenvalue weighted by molar-refractivity contribution is -0.384. The Morgan fingerprint density at radius 3 is 2.93 bits per heavy atom. The summed E-state index contributed by atoms with van der Waals surface area (Å²) in [6, 6.07) is 7.68. The van der Waals surface area contributed by atoms with Crippen LogP contribution in [0.15, 0.2) is 53.4 Å². The maximum Gasteiger partial charge on any atom is 0.293 e. The lowest BCUT2D eigenvalue weighted by Crippen LogP contribution is -2.10. The van der Waals surface area contributed by atoms with Gasteiger partial charge in [-0.2, -0.15) is 0 Å². The highest BCUT2D eigenvalue weighted by Gasteiger charge is 2.21. The maximum atomic E-state index is 12.6.